The highest BCUT2D eigenvalue weighted by Crippen LogP contribution is 2.14. The summed E-state index contributed by atoms with van der Waals surface area (Å²) in [7, 11) is 0. The first-order valence-corrected chi connectivity index (χ1v) is 10.1. The Hall–Kier alpha value is -3.26. The van der Waals surface area contributed by atoms with E-state index in [-0.39, 0.29) is 24.4 Å². The quantitative estimate of drug-likeness (QED) is 0.668. The lowest BCUT2D eigenvalue weighted by Gasteiger charge is -2.28. The number of para-hydroxylation sites is 1. The molecule has 3 heterocycles. The summed E-state index contributed by atoms with van der Waals surface area (Å²) in [4.78, 5) is 35.9. The maximum absolute atomic E-state index is 12.6. The lowest BCUT2D eigenvalue weighted by molar-refractivity contribution is -0.121. The van der Waals surface area contributed by atoms with Crippen molar-refractivity contribution < 1.29 is 9.53 Å². The van der Waals surface area contributed by atoms with Gasteiger partial charge in [-0.2, -0.15) is 0 Å². The van der Waals surface area contributed by atoms with Gasteiger partial charge in [-0.1, -0.05) is 12.1 Å². The highest BCUT2D eigenvalue weighted by atomic mass is 16.5. The standard InChI is InChI=1S/C22H25N5O3/c1-16-3-2-4-18-21(16)25-15-27(22(18)29)8-6-20(28)24-14-17-5-7-23-19(13-17)26-9-11-30-12-10-26/h2-5,7,13,15H,6,8-12,14H2,1H3,(H,24,28). The summed E-state index contributed by atoms with van der Waals surface area (Å²) in [5.41, 5.74) is 2.53. The molecule has 8 nitrogen and oxygen atoms in total. The third-order valence-electron chi connectivity index (χ3n) is 5.27. The number of hydrogen-bond donors (Lipinski definition) is 1. The Bertz CT molecular complexity index is 1110. The molecule has 8 heteroatoms. The van der Waals surface area contributed by atoms with Gasteiger partial charge in [-0.3, -0.25) is 14.2 Å². The third-order valence-corrected chi connectivity index (χ3v) is 5.27. The average Bonchev–Trinajstić information content (AvgIpc) is 2.78. The molecule has 0 unspecified atom stereocenters. The number of fused-ring (bicyclic) bond motifs is 1. The number of pyridine rings is 1. The summed E-state index contributed by atoms with van der Waals surface area (Å²) < 4.78 is 6.87. The van der Waals surface area contributed by atoms with Crippen molar-refractivity contribution >= 4 is 22.6 Å². The number of benzene rings is 1. The van der Waals surface area contributed by atoms with Crippen molar-refractivity contribution in [2.24, 2.45) is 0 Å². The summed E-state index contributed by atoms with van der Waals surface area (Å²) in [6.45, 7) is 5.67. The van der Waals surface area contributed by atoms with Crippen LogP contribution in [0.5, 0.6) is 0 Å². The molecule has 0 radical (unpaired) electrons. The van der Waals surface area contributed by atoms with Gasteiger partial charge in [-0.15, -0.1) is 0 Å². The van der Waals surface area contributed by atoms with Crippen molar-refractivity contribution in [3.05, 3.63) is 64.3 Å². The molecule has 0 saturated carbocycles. The zero-order valence-electron chi connectivity index (χ0n) is 17.0. The van der Waals surface area contributed by atoms with E-state index in [1.165, 1.54) is 10.9 Å². The number of carbonyl (C=O) groups excluding carboxylic acids is 1. The van der Waals surface area contributed by atoms with Crippen LogP contribution in [0, 0.1) is 6.92 Å². The van der Waals surface area contributed by atoms with Crippen LogP contribution in [0.15, 0.2) is 47.7 Å². The van der Waals surface area contributed by atoms with Gasteiger partial charge in [0.15, 0.2) is 0 Å². The molecule has 0 atom stereocenters. The fraction of sp³-hybridized carbons (Fsp3) is 0.364. The Morgan fingerprint density at radius 1 is 1.20 bits per heavy atom. The van der Waals surface area contributed by atoms with Gasteiger partial charge in [0, 0.05) is 38.8 Å². The molecular formula is C22H25N5O3. The Labute approximate surface area is 174 Å². The van der Waals surface area contributed by atoms with E-state index >= 15 is 0 Å². The van der Waals surface area contributed by atoms with Gasteiger partial charge in [0.05, 0.1) is 30.4 Å². The molecule has 1 aromatic carbocycles. The van der Waals surface area contributed by atoms with E-state index in [0.717, 1.165) is 30.0 Å². The first kappa shape index (κ1) is 20.0. The van der Waals surface area contributed by atoms with Gasteiger partial charge in [0.25, 0.3) is 5.56 Å². The predicted octanol–water partition coefficient (Wildman–Crippen LogP) is 1.64. The van der Waals surface area contributed by atoms with Crippen LogP contribution in [-0.2, 0) is 22.6 Å². The van der Waals surface area contributed by atoms with Gasteiger partial charge in [0.2, 0.25) is 5.91 Å². The second-order valence-electron chi connectivity index (χ2n) is 7.36. The summed E-state index contributed by atoms with van der Waals surface area (Å²) in [5, 5.41) is 3.49. The van der Waals surface area contributed by atoms with Crippen LogP contribution < -0.4 is 15.8 Å². The zero-order valence-corrected chi connectivity index (χ0v) is 17.0. The van der Waals surface area contributed by atoms with Gasteiger partial charge >= 0.3 is 0 Å². The second-order valence-corrected chi connectivity index (χ2v) is 7.36. The summed E-state index contributed by atoms with van der Waals surface area (Å²) >= 11 is 0. The molecule has 2 aromatic heterocycles. The number of amides is 1. The number of aryl methyl sites for hydroxylation is 2. The minimum Gasteiger partial charge on any atom is -0.378 e. The third kappa shape index (κ3) is 4.49. The minimum absolute atomic E-state index is 0.115. The van der Waals surface area contributed by atoms with E-state index in [1.807, 2.05) is 31.2 Å². The normalized spacial score (nSPS) is 14.1. The van der Waals surface area contributed by atoms with Crippen molar-refractivity contribution in [3.63, 3.8) is 0 Å². The summed E-state index contributed by atoms with van der Waals surface area (Å²) in [5.74, 6) is 0.783. The Morgan fingerprint density at radius 3 is 2.87 bits per heavy atom. The van der Waals surface area contributed by atoms with E-state index in [1.54, 1.807) is 12.3 Å². The minimum atomic E-state index is -0.124. The molecule has 0 spiro atoms. The Morgan fingerprint density at radius 2 is 2.03 bits per heavy atom. The molecule has 4 rings (SSSR count). The number of nitrogens with one attached hydrogen (secondary N) is 1. The van der Waals surface area contributed by atoms with E-state index < -0.39 is 0 Å². The largest absolute Gasteiger partial charge is 0.378 e. The maximum atomic E-state index is 12.6. The van der Waals surface area contributed by atoms with Crippen LogP contribution >= 0.6 is 0 Å². The smallest absolute Gasteiger partial charge is 0.261 e. The van der Waals surface area contributed by atoms with Crippen LogP contribution in [-0.4, -0.2) is 46.7 Å². The average molecular weight is 407 g/mol. The molecule has 30 heavy (non-hydrogen) atoms. The molecule has 0 aliphatic carbocycles. The first-order valence-electron chi connectivity index (χ1n) is 10.1. The number of rotatable bonds is 6. The van der Waals surface area contributed by atoms with Gasteiger partial charge < -0.3 is 15.0 Å². The number of carbonyl (C=O) groups is 1. The van der Waals surface area contributed by atoms with E-state index in [4.69, 9.17) is 4.74 Å². The fourth-order valence-electron chi connectivity index (χ4n) is 3.54. The molecule has 1 aliphatic rings. The Balaban J connectivity index is 1.34. The first-order chi connectivity index (χ1) is 14.6. The number of hydrogen-bond acceptors (Lipinski definition) is 6. The molecule has 1 amide bonds. The zero-order chi connectivity index (χ0) is 20.9. The highest BCUT2D eigenvalue weighted by molar-refractivity contribution is 5.80. The van der Waals surface area contributed by atoms with Crippen molar-refractivity contribution in [2.45, 2.75) is 26.4 Å². The number of nitrogens with zero attached hydrogens (tertiary/aromatic N) is 4. The molecule has 0 bridgehead atoms. The van der Waals surface area contributed by atoms with Crippen LogP contribution in [0.25, 0.3) is 10.9 Å². The van der Waals surface area contributed by atoms with Crippen LogP contribution in [0.4, 0.5) is 5.82 Å². The number of ether oxygens (including phenoxy) is 1. The number of morpholine rings is 1. The molecule has 1 N–H and O–H groups in total. The van der Waals surface area contributed by atoms with Crippen molar-refractivity contribution in [3.8, 4) is 0 Å². The van der Waals surface area contributed by atoms with Crippen molar-refractivity contribution in [2.75, 3.05) is 31.2 Å². The van der Waals surface area contributed by atoms with Crippen molar-refractivity contribution in [1.29, 1.82) is 0 Å². The maximum Gasteiger partial charge on any atom is 0.261 e. The topological polar surface area (TPSA) is 89.4 Å². The lowest BCUT2D eigenvalue weighted by Crippen LogP contribution is -2.36. The van der Waals surface area contributed by atoms with Crippen LogP contribution in [0.3, 0.4) is 0 Å². The SMILES string of the molecule is Cc1cccc2c(=O)n(CCC(=O)NCc3ccnc(N4CCOCC4)c3)cnc12. The van der Waals surface area contributed by atoms with Crippen molar-refractivity contribution in [1.82, 2.24) is 19.9 Å². The van der Waals surface area contributed by atoms with E-state index in [2.05, 4.69) is 20.2 Å². The molecule has 1 aliphatic heterocycles. The van der Waals surface area contributed by atoms with Crippen LogP contribution in [0.1, 0.15) is 17.5 Å². The summed E-state index contributed by atoms with van der Waals surface area (Å²) in [6.07, 6.45) is 3.48. The molecule has 156 valence electrons. The number of anilines is 1. The van der Waals surface area contributed by atoms with Gasteiger partial charge in [0.1, 0.15) is 5.82 Å². The lowest BCUT2D eigenvalue weighted by atomic mass is 10.1. The van der Waals surface area contributed by atoms with Gasteiger partial charge in [-0.25, -0.2) is 9.97 Å². The number of aromatic nitrogens is 3. The van der Waals surface area contributed by atoms with E-state index in [9.17, 15) is 9.59 Å². The van der Waals surface area contributed by atoms with Crippen LogP contribution in [0.2, 0.25) is 0 Å². The summed E-state index contributed by atoms with van der Waals surface area (Å²) in [6, 6.07) is 9.42. The molecule has 1 fully saturated rings. The predicted molar refractivity (Wildman–Crippen MR) is 114 cm³/mol. The molecule has 1 saturated heterocycles. The second kappa shape index (κ2) is 9.04. The molecular weight excluding hydrogens is 382 g/mol. The van der Waals surface area contributed by atoms with Gasteiger partial charge in [-0.05, 0) is 36.2 Å². The monoisotopic (exact) mass is 407 g/mol. The highest BCUT2D eigenvalue weighted by Gasteiger charge is 2.13. The Kier molecular flexibility index (Phi) is 6.04. The molecule has 3 aromatic rings. The fourth-order valence-corrected chi connectivity index (χ4v) is 3.54. The van der Waals surface area contributed by atoms with E-state index in [0.29, 0.717) is 30.7 Å².